The molecule has 0 amide bonds. The second-order valence-corrected chi connectivity index (χ2v) is 10.4. The number of hydrogen-bond donors (Lipinski definition) is 2. The largest absolute Gasteiger partial charge is 0.466 e. The van der Waals surface area contributed by atoms with Gasteiger partial charge in [-0.1, -0.05) is 6.42 Å². The summed E-state index contributed by atoms with van der Waals surface area (Å²) >= 11 is 0. The first-order valence-corrected chi connectivity index (χ1v) is 12.6. The van der Waals surface area contributed by atoms with E-state index in [1.807, 2.05) is 6.92 Å². The minimum atomic E-state index is -3.15. The quantitative estimate of drug-likeness (QED) is 0.383. The summed E-state index contributed by atoms with van der Waals surface area (Å²) in [6, 6.07) is 8.41. The van der Waals surface area contributed by atoms with E-state index in [0.29, 0.717) is 13.2 Å². The van der Waals surface area contributed by atoms with Crippen molar-refractivity contribution in [3.8, 4) is 0 Å². The number of hydrogen-bond acceptors (Lipinski definition) is 6. The molecule has 0 unspecified atom stereocenters. The number of anilines is 2. The zero-order chi connectivity index (χ0) is 22.0. The van der Waals surface area contributed by atoms with Crippen molar-refractivity contribution in [1.29, 1.82) is 0 Å². The summed E-state index contributed by atoms with van der Waals surface area (Å²) in [6.07, 6.45) is 4.49. The highest BCUT2D eigenvalue weighted by Gasteiger charge is 2.26. The van der Waals surface area contributed by atoms with Crippen molar-refractivity contribution in [2.45, 2.75) is 58.1 Å². The molecule has 1 aromatic carbocycles. The van der Waals surface area contributed by atoms with Crippen LogP contribution in [0.5, 0.6) is 0 Å². The molecule has 0 aromatic heterocycles. The number of benzene rings is 1. The van der Waals surface area contributed by atoms with Gasteiger partial charge in [-0.05, 0) is 70.7 Å². The molecular formula is C22H37N3O4S. The number of rotatable bonds is 12. The third kappa shape index (κ3) is 7.80. The molecule has 0 radical (unpaired) electrons. The standard InChI is InChI=1S/C22H37N3O4S/c1-4-29-22(26)19-12-16-25(17-13-19)21-10-8-20(9-11-21)23-14-6-5-7-15-24-30(27,28)18(2)3/h8-11,18-19,23-24H,4-7,12-17H2,1-3H3. The lowest BCUT2D eigenvalue weighted by Crippen LogP contribution is -2.36. The van der Waals surface area contributed by atoms with Gasteiger partial charge in [0.25, 0.3) is 0 Å². The van der Waals surface area contributed by atoms with Crippen LogP contribution in [0.4, 0.5) is 11.4 Å². The Bertz CT molecular complexity index is 742. The number of nitrogens with one attached hydrogen (secondary N) is 2. The van der Waals surface area contributed by atoms with Gasteiger partial charge in [0.1, 0.15) is 0 Å². The molecular weight excluding hydrogens is 402 g/mol. The molecule has 170 valence electrons. The first-order valence-electron chi connectivity index (χ1n) is 11.1. The Morgan fingerprint density at radius 3 is 2.33 bits per heavy atom. The number of ether oxygens (including phenoxy) is 1. The van der Waals surface area contributed by atoms with Crippen LogP contribution in [0.15, 0.2) is 24.3 Å². The fraction of sp³-hybridized carbons (Fsp3) is 0.682. The lowest BCUT2D eigenvalue weighted by atomic mass is 9.96. The van der Waals surface area contributed by atoms with Gasteiger partial charge in [-0.15, -0.1) is 0 Å². The van der Waals surface area contributed by atoms with Crippen molar-refractivity contribution < 1.29 is 17.9 Å². The molecule has 8 heteroatoms. The molecule has 0 saturated carbocycles. The second-order valence-electron chi connectivity index (χ2n) is 8.04. The summed E-state index contributed by atoms with van der Waals surface area (Å²) in [5.41, 5.74) is 2.26. The maximum atomic E-state index is 11.9. The summed E-state index contributed by atoms with van der Waals surface area (Å²) in [5, 5.41) is 3.03. The van der Waals surface area contributed by atoms with E-state index in [1.165, 1.54) is 5.69 Å². The molecule has 30 heavy (non-hydrogen) atoms. The van der Waals surface area contributed by atoms with Crippen LogP contribution < -0.4 is 14.9 Å². The molecule has 1 aliphatic heterocycles. The van der Waals surface area contributed by atoms with E-state index >= 15 is 0 Å². The first-order chi connectivity index (χ1) is 14.3. The average Bonchev–Trinajstić information content (AvgIpc) is 2.73. The van der Waals surface area contributed by atoms with Crippen molar-refractivity contribution in [3.63, 3.8) is 0 Å². The van der Waals surface area contributed by atoms with Crippen LogP contribution in [-0.4, -0.2) is 52.4 Å². The van der Waals surface area contributed by atoms with Crippen molar-refractivity contribution in [2.75, 3.05) is 43.0 Å². The Morgan fingerprint density at radius 2 is 1.73 bits per heavy atom. The predicted molar refractivity (Wildman–Crippen MR) is 122 cm³/mol. The molecule has 1 saturated heterocycles. The average molecular weight is 440 g/mol. The summed E-state index contributed by atoms with van der Waals surface area (Å²) in [6.45, 7) is 8.77. The number of unbranched alkanes of at least 4 members (excludes halogenated alkanes) is 2. The topological polar surface area (TPSA) is 87.7 Å². The molecule has 0 bridgehead atoms. The van der Waals surface area contributed by atoms with E-state index < -0.39 is 10.0 Å². The molecule has 1 aliphatic rings. The Labute approximate surface area is 181 Å². The smallest absolute Gasteiger partial charge is 0.309 e. The highest BCUT2D eigenvalue weighted by atomic mass is 32.2. The first kappa shape index (κ1) is 24.5. The number of nitrogens with zero attached hydrogens (tertiary/aromatic N) is 1. The second kappa shape index (κ2) is 12.2. The van der Waals surface area contributed by atoms with Gasteiger partial charge in [0.15, 0.2) is 0 Å². The van der Waals surface area contributed by atoms with Crippen LogP contribution in [0, 0.1) is 5.92 Å². The van der Waals surface area contributed by atoms with Crippen LogP contribution in [-0.2, 0) is 19.6 Å². The van der Waals surface area contributed by atoms with Gasteiger partial charge >= 0.3 is 5.97 Å². The van der Waals surface area contributed by atoms with Gasteiger partial charge in [0.05, 0.1) is 17.8 Å². The minimum Gasteiger partial charge on any atom is -0.466 e. The number of piperidine rings is 1. The number of sulfonamides is 1. The lowest BCUT2D eigenvalue weighted by Gasteiger charge is -2.32. The molecule has 1 aromatic rings. The molecule has 0 aliphatic carbocycles. The van der Waals surface area contributed by atoms with Crippen LogP contribution >= 0.6 is 0 Å². The summed E-state index contributed by atoms with van der Waals surface area (Å²) in [4.78, 5) is 14.2. The summed E-state index contributed by atoms with van der Waals surface area (Å²) in [7, 11) is -3.15. The van der Waals surface area contributed by atoms with Crippen molar-refractivity contribution >= 4 is 27.4 Å². The number of carbonyl (C=O) groups excluding carboxylic acids is 1. The number of carbonyl (C=O) groups is 1. The predicted octanol–water partition coefficient (Wildman–Crippen LogP) is 3.38. The highest BCUT2D eigenvalue weighted by molar-refractivity contribution is 7.90. The fourth-order valence-corrected chi connectivity index (χ4v) is 4.23. The Kier molecular flexibility index (Phi) is 9.91. The summed E-state index contributed by atoms with van der Waals surface area (Å²) < 4.78 is 31.1. The van der Waals surface area contributed by atoms with Crippen molar-refractivity contribution in [2.24, 2.45) is 5.92 Å². The van der Waals surface area contributed by atoms with E-state index in [4.69, 9.17) is 4.74 Å². The van der Waals surface area contributed by atoms with Gasteiger partial charge < -0.3 is 15.0 Å². The third-order valence-electron chi connectivity index (χ3n) is 5.45. The Balaban J connectivity index is 1.63. The van der Waals surface area contributed by atoms with E-state index in [2.05, 4.69) is 39.2 Å². The molecule has 1 fully saturated rings. The van der Waals surface area contributed by atoms with Crippen molar-refractivity contribution in [1.82, 2.24) is 4.72 Å². The lowest BCUT2D eigenvalue weighted by molar-refractivity contribution is -0.148. The Hall–Kier alpha value is -1.80. The van der Waals surface area contributed by atoms with E-state index in [-0.39, 0.29) is 17.1 Å². The van der Waals surface area contributed by atoms with E-state index in [9.17, 15) is 13.2 Å². The molecule has 2 N–H and O–H groups in total. The van der Waals surface area contributed by atoms with Gasteiger partial charge in [-0.3, -0.25) is 4.79 Å². The molecule has 7 nitrogen and oxygen atoms in total. The normalized spacial score (nSPS) is 15.4. The third-order valence-corrected chi connectivity index (χ3v) is 7.30. The zero-order valence-corrected chi connectivity index (χ0v) is 19.3. The van der Waals surface area contributed by atoms with Crippen LogP contribution in [0.3, 0.4) is 0 Å². The maximum Gasteiger partial charge on any atom is 0.309 e. The van der Waals surface area contributed by atoms with Gasteiger partial charge in [-0.25, -0.2) is 13.1 Å². The SMILES string of the molecule is CCOC(=O)C1CCN(c2ccc(NCCCCCNS(=O)(=O)C(C)C)cc2)CC1. The van der Waals surface area contributed by atoms with Crippen molar-refractivity contribution in [3.05, 3.63) is 24.3 Å². The molecule has 2 rings (SSSR count). The van der Waals surface area contributed by atoms with E-state index in [0.717, 1.165) is 57.4 Å². The minimum absolute atomic E-state index is 0.0304. The summed E-state index contributed by atoms with van der Waals surface area (Å²) in [5.74, 6) is -0.0307. The zero-order valence-electron chi connectivity index (χ0n) is 18.5. The van der Waals surface area contributed by atoms with Gasteiger partial charge in [0, 0.05) is 37.6 Å². The van der Waals surface area contributed by atoms with E-state index in [1.54, 1.807) is 13.8 Å². The van der Waals surface area contributed by atoms with Gasteiger partial charge in [0.2, 0.25) is 10.0 Å². The number of esters is 1. The highest BCUT2D eigenvalue weighted by Crippen LogP contribution is 2.25. The fourth-order valence-electron chi connectivity index (χ4n) is 3.46. The van der Waals surface area contributed by atoms with Crippen LogP contribution in [0.2, 0.25) is 0 Å². The van der Waals surface area contributed by atoms with Crippen LogP contribution in [0.1, 0.15) is 52.9 Å². The molecule has 0 spiro atoms. The Morgan fingerprint density at radius 1 is 1.10 bits per heavy atom. The monoisotopic (exact) mass is 439 g/mol. The molecule has 1 heterocycles. The van der Waals surface area contributed by atoms with Gasteiger partial charge in [-0.2, -0.15) is 0 Å². The van der Waals surface area contributed by atoms with Crippen LogP contribution in [0.25, 0.3) is 0 Å². The molecule has 0 atom stereocenters. The maximum absolute atomic E-state index is 11.9.